The summed E-state index contributed by atoms with van der Waals surface area (Å²) in [4.78, 5) is 11.4. The largest absolute Gasteiger partial charge is 0.298 e. The summed E-state index contributed by atoms with van der Waals surface area (Å²) in [6.07, 6.45) is 5.50. The van der Waals surface area contributed by atoms with E-state index in [-0.39, 0.29) is 0 Å². The quantitative estimate of drug-likeness (QED) is 0.786. The van der Waals surface area contributed by atoms with Crippen molar-refractivity contribution in [2.45, 2.75) is 45.1 Å². The van der Waals surface area contributed by atoms with Crippen LogP contribution in [0.1, 0.15) is 58.8 Å². The number of aryl methyl sites for hydroxylation is 1. The lowest BCUT2D eigenvalue weighted by molar-refractivity contribution is 0.112. The second-order valence-electron chi connectivity index (χ2n) is 5.84. The van der Waals surface area contributed by atoms with Crippen LogP contribution in [0, 0.1) is 6.92 Å². The standard InChI is InChI=1S/C17H19ClN2O/c1-12-5-4-6-13(9-12)10-20-17(18)15(11-21)16(19-20)14-7-2-3-8-14/h4-6,9,11,14H,2-3,7-8,10H2,1H3. The van der Waals surface area contributed by atoms with Gasteiger partial charge in [0.2, 0.25) is 0 Å². The zero-order valence-electron chi connectivity index (χ0n) is 12.2. The number of halogens is 1. The first-order chi connectivity index (χ1) is 10.2. The Kier molecular flexibility index (Phi) is 4.11. The van der Waals surface area contributed by atoms with E-state index in [1.54, 1.807) is 4.68 Å². The highest BCUT2D eigenvalue weighted by atomic mass is 35.5. The van der Waals surface area contributed by atoms with E-state index in [2.05, 4.69) is 30.2 Å². The molecule has 0 spiro atoms. The molecule has 1 aliphatic rings. The van der Waals surface area contributed by atoms with Crippen LogP contribution in [0.5, 0.6) is 0 Å². The summed E-state index contributed by atoms with van der Waals surface area (Å²) in [6.45, 7) is 2.67. The van der Waals surface area contributed by atoms with Crippen LogP contribution < -0.4 is 0 Å². The van der Waals surface area contributed by atoms with Crippen molar-refractivity contribution >= 4 is 17.9 Å². The van der Waals surface area contributed by atoms with E-state index < -0.39 is 0 Å². The molecule has 21 heavy (non-hydrogen) atoms. The molecule has 3 nitrogen and oxygen atoms in total. The maximum absolute atomic E-state index is 11.4. The van der Waals surface area contributed by atoms with Gasteiger partial charge in [0.1, 0.15) is 5.15 Å². The summed E-state index contributed by atoms with van der Waals surface area (Å²) < 4.78 is 1.76. The Morgan fingerprint density at radius 1 is 1.38 bits per heavy atom. The predicted molar refractivity (Wildman–Crippen MR) is 84.1 cm³/mol. The highest BCUT2D eigenvalue weighted by Gasteiger charge is 2.26. The van der Waals surface area contributed by atoms with Crippen LogP contribution in [-0.4, -0.2) is 16.1 Å². The Bertz CT molecular complexity index is 657. The number of hydrogen-bond acceptors (Lipinski definition) is 2. The molecule has 110 valence electrons. The zero-order valence-corrected chi connectivity index (χ0v) is 12.9. The average molecular weight is 303 g/mol. The SMILES string of the molecule is Cc1cccc(Cn2nc(C3CCCC3)c(C=O)c2Cl)c1. The molecule has 4 heteroatoms. The molecule has 0 unspecified atom stereocenters. The molecule has 0 bridgehead atoms. The van der Waals surface area contributed by atoms with Crippen LogP contribution in [-0.2, 0) is 6.54 Å². The topological polar surface area (TPSA) is 34.9 Å². The van der Waals surface area contributed by atoms with Crippen LogP contribution >= 0.6 is 11.6 Å². The average Bonchev–Trinajstić information content (AvgIpc) is 3.08. The molecule has 0 amide bonds. The number of carbonyl (C=O) groups is 1. The highest BCUT2D eigenvalue weighted by Crippen LogP contribution is 2.36. The van der Waals surface area contributed by atoms with Crippen LogP contribution in [0.2, 0.25) is 5.15 Å². The van der Waals surface area contributed by atoms with Crippen LogP contribution in [0.15, 0.2) is 24.3 Å². The van der Waals surface area contributed by atoms with Gasteiger partial charge in [-0.3, -0.25) is 4.79 Å². The van der Waals surface area contributed by atoms with Gasteiger partial charge < -0.3 is 0 Å². The smallest absolute Gasteiger partial charge is 0.155 e. The summed E-state index contributed by atoms with van der Waals surface area (Å²) in [5, 5.41) is 5.11. The van der Waals surface area contributed by atoms with Gasteiger partial charge in [0, 0.05) is 5.92 Å². The van der Waals surface area contributed by atoms with E-state index in [1.807, 2.05) is 6.07 Å². The second kappa shape index (κ2) is 6.02. The molecule has 1 heterocycles. The van der Waals surface area contributed by atoms with Gasteiger partial charge in [0.15, 0.2) is 6.29 Å². The lowest BCUT2D eigenvalue weighted by Crippen LogP contribution is -2.03. The monoisotopic (exact) mass is 302 g/mol. The Morgan fingerprint density at radius 2 is 2.14 bits per heavy atom. The predicted octanol–water partition coefficient (Wildman–Crippen LogP) is 4.36. The molecule has 1 aromatic heterocycles. The van der Waals surface area contributed by atoms with E-state index in [9.17, 15) is 4.79 Å². The number of benzene rings is 1. The Balaban J connectivity index is 1.93. The number of nitrogens with zero attached hydrogens (tertiary/aromatic N) is 2. The molecule has 2 aromatic rings. The molecule has 1 fully saturated rings. The first kappa shape index (κ1) is 14.3. The van der Waals surface area contributed by atoms with Crippen molar-refractivity contribution < 1.29 is 4.79 Å². The van der Waals surface area contributed by atoms with Crippen molar-refractivity contribution in [3.8, 4) is 0 Å². The zero-order chi connectivity index (χ0) is 14.8. The second-order valence-corrected chi connectivity index (χ2v) is 6.19. The third-order valence-electron chi connectivity index (χ3n) is 4.23. The van der Waals surface area contributed by atoms with Crippen molar-refractivity contribution in [1.29, 1.82) is 0 Å². The van der Waals surface area contributed by atoms with E-state index in [1.165, 1.54) is 18.4 Å². The van der Waals surface area contributed by atoms with E-state index >= 15 is 0 Å². The van der Waals surface area contributed by atoms with Gasteiger partial charge in [-0.2, -0.15) is 5.10 Å². The number of carbonyl (C=O) groups excluding carboxylic acids is 1. The van der Waals surface area contributed by atoms with Crippen LogP contribution in [0.3, 0.4) is 0 Å². The summed E-state index contributed by atoms with van der Waals surface area (Å²) in [7, 11) is 0. The molecule has 1 aromatic carbocycles. The van der Waals surface area contributed by atoms with E-state index in [0.717, 1.165) is 30.4 Å². The Hall–Kier alpha value is -1.61. The summed E-state index contributed by atoms with van der Waals surface area (Å²) >= 11 is 6.37. The normalized spacial score (nSPS) is 15.5. The Morgan fingerprint density at radius 3 is 2.81 bits per heavy atom. The summed E-state index contributed by atoms with van der Waals surface area (Å²) in [5.41, 5.74) is 3.83. The van der Waals surface area contributed by atoms with Gasteiger partial charge in [-0.15, -0.1) is 0 Å². The van der Waals surface area contributed by atoms with Crippen molar-refractivity contribution in [3.63, 3.8) is 0 Å². The first-order valence-corrected chi connectivity index (χ1v) is 7.83. The van der Waals surface area contributed by atoms with Gasteiger partial charge >= 0.3 is 0 Å². The molecule has 0 aliphatic heterocycles. The third kappa shape index (κ3) is 2.88. The summed E-state index contributed by atoms with van der Waals surface area (Å²) in [5.74, 6) is 0.390. The maximum atomic E-state index is 11.4. The number of aromatic nitrogens is 2. The fourth-order valence-electron chi connectivity index (χ4n) is 3.17. The van der Waals surface area contributed by atoms with Crippen molar-refractivity contribution in [2.75, 3.05) is 0 Å². The van der Waals surface area contributed by atoms with Crippen molar-refractivity contribution in [1.82, 2.24) is 9.78 Å². The molecule has 0 N–H and O–H groups in total. The van der Waals surface area contributed by atoms with Gasteiger partial charge in [-0.05, 0) is 25.3 Å². The maximum Gasteiger partial charge on any atom is 0.155 e. The lowest BCUT2D eigenvalue weighted by Gasteiger charge is -2.06. The van der Waals surface area contributed by atoms with Crippen LogP contribution in [0.25, 0.3) is 0 Å². The lowest BCUT2D eigenvalue weighted by atomic mass is 10.0. The van der Waals surface area contributed by atoms with Crippen LogP contribution in [0.4, 0.5) is 0 Å². The first-order valence-electron chi connectivity index (χ1n) is 7.46. The van der Waals surface area contributed by atoms with Gasteiger partial charge in [-0.1, -0.05) is 54.3 Å². The molecule has 0 atom stereocenters. The van der Waals surface area contributed by atoms with Crippen molar-refractivity contribution in [3.05, 3.63) is 51.8 Å². The van der Waals surface area contributed by atoms with Gasteiger partial charge in [-0.25, -0.2) is 4.68 Å². The number of hydrogen-bond donors (Lipinski definition) is 0. The molecule has 1 saturated carbocycles. The minimum atomic E-state index is 0.390. The van der Waals surface area contributed by atoms with Gasteiger partial charge in [0.05, 0.1) is 17.8 Å². The molecule has 1 aliphatic carbocycles. The highest BCUT2D eigenvalue weighted by molar-refractivity contribution is 6.32. The fourth-order valence-corrected chi connectivity index (χ4v) is 3.41. The molecule has 0 saturated heterocycles. The minimum Gasteiger partial charge on any atom is -0.298 e. The van der Waals surface area contributed by atoms with E-state index in [0.29, 0.717) is 23.2 Å². The fraction of sp³-hybridized carbons (Fsp3) is 0.412. The molecule has 0 radical (unpaired) electrons. The third-order valence-corrected chi connectivity index (χ3v) is 4.63. The molecular weight excluding hydrogens is 284 g/mol. The molecule has 3 rings (SSSR count). The number of rotatable bonds is 4. The summed E-state index contributed by atoms with van der Waals surface area (Å²) in [6, 6.07) is 8.27. The van der Waals surface area contributed by atoms with Crippen molar-refractivity contribution in [2.24, 2.45) is 0 Å². The number of aldehydes is 1. The van der Waals surface area contributed by atoms with Gasteiger partial charge in [0.25, 0.3) is 0 Å². The van der Waals surface area contributed by atoms with E-state index in [4.69, 9.17) is 11.6 Å². The Labute approximate surface area is 129 Å². The minimum absolute atomic E-state index is 0.390. The molecular formula is C17H19ClN2O.